The van der Waals surface area contributed by atoms with Crippen molar-refractivity contribution in [2.24, 2.45) is 0 Å². The Morgan fingerprint density at radius 3 is 2.89 bits per heavy atom. The predicted molar refractivity (Wildman–Crippen MR) is 68.3 cm³/mol. The fraction of sp³-hybridized carbons (Fsp3) is 0.455. The highest BCUT2D eigenvalue weighted by molar-refractivity contribution is 7.89. The van der Waals surface area contributed by atoms with Gasteiger partial charge in [-0.2, -0.15) is 4.31 Å². The molecule has 2 rings (SSSR count). The molecule has 104 valence electrons. The highest BCUT2D eigenvalue weighted by atomic mass is 35.5. The van der Waals surface area contributed by atoms with Crippen LogP contribution in [0.4, 0.5) is 0 Å². The second-order valence-corrected chi connectivity index (χ2v) is 6.33. The van der Waals surface area contributed by atoms with Crippen LogP contribution in [0.2, 0.25) is 5.15 Å². The van der Waals surface area contributed by atoms with E-state index >= 15 is 0 Å². The highest BCUT2D eigenvalue weighted by Crippen LogP contribution is 2.26. The Bertz CT molecular complexity index is 590. The van der Waals surface area contributed by atoms with Crippen molar-refractivity contribution in [2.45, 2.75) is 24.5 Å². The molecule has 1 saturated heterocycles. The molecule has 1 aliphatic rings. The van der Waals surface area contributed by atoms with E-state index in [0.29, 0.717) is 25.0 Å². The third-order valence-electron chi connectivity index (χ3n) is 2.75. The minimum Gasteiger partial charge on any atom is -0.355 e. The van der Waals surface area contributed by atoms with Crippen molar-refractivity contribution in [3.8, 4) is 0 Å². The summed E-state index contributed by atoms with van der Waals surface area (Å²) in [4.78, 5) is 14.7. The molecule has 2 heterocycles. The summed E-state index contributed by atoms with van der Waals surface area (Å²) >= 11 is 5.88. The number of rotatable bonds is 3. The van der Waals surface area contributed by atoms with Gasteiger partial charge in [0.1, 0.15) is 10.0 Å². The lowest BCUT2D eigenvalue weighted by atomic mass is 10.4. The summed E-state index contributed by atoms with van der Waals surface area (Å²) in [6.45, 7) is 2.28. The van der Waals surface area contributed by atoms with E-state index in [9.17, 15) is 13.2 Å². The standard InChI is InChI=1S/C11H13ClN2O4S/c1-8-3-4-9(11(12)13-8)19(16,17)14-5-2-6-18-10(14)7-15/h3-4,7,10H,2,5-6H2,1H3. The van der Waals surface area contributed by atoms with Crippen LogP contribution in [0.15, 0.2) is 17.0 Å². The Morgan fingerprint density at radius 1 is 1.53 bits per heavy atom. The summed E-state index contributed by atoms with van der Waals surface area (Å²) in [5.74, 6) is 0. The van der Waals surface area contributed by atoms with E-state index in [1.165, 1.54) is 6.07 Å². The first kappa shape index (κ1) is 14.4. The predicted octanol–water partition coefficient (Wildman–Crippen LogP) is 0.979. The summed E-state index contributed by atoms with van der Waals surface area (Å²) in [6.07, 6.45) is -0.108. The van der Waals surface area contributed by atoms with E-state index in [-0.39, 0.29) is 16.6 Å². The number of hydrogen-bond donors (Lipinski definition) is 0. The van der Waals surface area contributed by atoms with Gasteiger partial charge in [-0.05, 0) is 25.5 Å². The molecular formula is C11H13ClN2O4S. The molecule has 1 unspecified atom stereocenters. The quantitative estimate of drug-likeness (QED) is 0.614. The molecule has 0 aliphatic carbocycles. The molecule has 0 saturated carbocycles. The zero-order valence-corrected chi connectivity index (χ0v) is 11.8. The molecule has 0 bridgehead atoms. The number of sulfonamides is 1. The summed E-state index contributed by atoms with van der Waals surface area (Å²) in [7, 11) is -3.89. The van der Waals surface area contributed by atoms with Crippen molar-refractivity contribution in [3.63, 3.8) is 0 Å². The number of carbonyl (C=O) groups excluding carboxylic acids is 1. The summed E-state index contributed by atoms with van der Waals surface area (Å²) < 4.78 is 31.0. The molecular weight excluding hydrogens is 292 g/mol. The maximum Gasteiger partial charge on any atom is 0.248 e. The van der Waals surface area contributed by atoms with E-state index in [1.807, 2.05) is 0 Å². The number of nitrogens with zero attached hydrogens (tertiary/aromatic N) is 2. The molecule has 1 atom stereocenters. The van der Waals surface area contributed by atoms with Gasteiger partial charge in [0.15, 0.2) is 12.5 Å². The third kappa shape index (κ3) is 2.79. The number of halogens is 1. The monoisotopic (exact) mass is 304 g/mol. The molecule has 0 amide bonds. The van der Waals surface area contributed by atoms with Gasteiger partial charge < -0.3 is 4.74 Å². The van der Waals surface area contributed by atoms with Gasteiger partial charge in [-0.25, -0.2) is 13.4 Å². The smallest absolute Gasteiger partial charge is 0.248 e. The zero-order chi connectivity index (χ0) is 14.0. The Balaban J connectivity index is 2.43. The van der Waals surface area contributed by atoms with Gasteiger partial charge in [-0.15, -0.1) is 0 Å². The maximum atomic E-state index is 12.5. The first-order valence-corrected chi connectivity index (χ1v) is 7.50. The van der Waals surface area contributed by atoms with Crippen LogP contribution in [-0.2, 0) is 19.6 Å². The number of aromatic nitrogens is 1. The minimum atomic E-state index is -3.89. The Kier molecular flexibility index (Phi) is 4.19. The van der Waals surface area contributed by atoms with Gasteiger partial charge in [0, 0.05) is 12.2 Å². The van der Waals surface area contributed by atoms with Gasteiger partial charge in [0.05, 0.1) is 6.61 Å². The van der Waals surface area contributed by atoms with Crippen LogP contribution in [0.1, 0.15) is 12.1 Å². The molecule has 19 heavy (non-hydrogen) atoms. The fourth-order valence-electron chi connectivity index (χ4n) is 1.83. The number of ether oxygens (including phenoxy) is 1. The van der Waals surface area contributed by atoms with Crippen LogP contribution in [0, 0.1) is 6.92 Å². The zero-order valence-electron chi connectivity index (χ0n) is 10.2. The molecule has 6 nitrogen and oxygen atoms in total. The van der Waals surface area contributed by atoms with Crippen LogP contribution < -0.4 is 0 Å². The lowest BCUT2D eigenvalue weighted by Gasteiger charge is -2.31. The van der Waals surface area contributed by atoms with Crippen LogP contribution in [0.25, 0.3) is 0 Å². The van der Waals surface area contributed by atoms with Gasteiger partial charge in [-0.1, -0.05) is 11.6 Å². The highest BCUT2D eigenvalue weighted by Gasteiger charge is 2.35. The molecule has 1 aromatic rings. The Hall–Kier alpha value is -1.02. The van der Waals surface area contributed by atoms with Crippen LogP contribution in [0.5, 0.6) is 0 Å². The molecule has 1 aromatic heterocycles. The van der Waals surface area contributed by atoms with Crippen molar-refractivity contribution in [1.29, 1.82) is 0 Å². The second-order valence-electron chi connectivity index (χ2n) is 4.11. The topological polar surface area (TPSA) is 76.6 Å². The summed E-state index contributed by atoms with van der Waals surface area (Å²) in [5, 5.41) is -0.102. The lowest BCUT2D eigenvalue weighted by Crippen LogP contribution is -2.47. The molecule has 0 spiro atoms. The Labute approximate surface area is 116 Å². The van der Waals surface area contributed by atoms with Crippen molar-refractivity contribution in [2.75, 3.05) is 13.2 Å². The van der Waals surface area contributed by atoms with Gasteiger partial charge in [0.2, 0.25) is 10.0 Å². The molecule has 0 N–H and O–H groups in total. The minimum absolute atomic E-state index is 0.102. The SMILES string of the molecule is Cc1ccc(S(=O)(=O)N2CCCOC2C=O)c(Cl)n1. The lowest BCUT2D eigenvalue weighted by molar-refractivity contribution is -0.130. The average molecular weight is 305 g/mol. The van der Waals surface area contributed by atoms with Crippen molar-refractivity contribution >= 4 is 27.9 Å². The number of pyridine rings is 1. The van der Waals surface area contributed by atoms with Gasteiger partial charge >= 0.3 is 0 Å². The average Bonchev–Trinajstić information content (AvgIpc) is 2.38. The second kappa shape index (κ2) is 5.54. The molecule has 1 aliphatic heterocycles. The van der Waals surface area contributed by atoms with Crippen LogP contribution in [-0.4, -0.2) is 43.4 Å². The molecule has 8 heteroatoms. The van der Waals surface area contributed by atoms with Gasteiger partial charge in [0.25, 0.3) is 0 Å². The largest absolute Gasteiger partial charge is 0.355 e. The number of aryl methyl sites for hydroxylation is 1. The first-order valence-electron chi connectivity index (χ1n) is 5.68. The summed E-state index contributed by atoms with van der Waals surface area (Å²) in [5.41, 5.74) is 0.616. The molecule has 0 radical (unpaired) electrons. The number of hydrogen-bond acceptors (Lipinski definition) is 5. The molecule has 0 aromatic carbocycles. The van der Waals surface area contributed by atoms with Crippen LogP contribution >= 0.6 is 11.6 Å². The van der Waals surface area contributed by atoms with Gasteiger partial charge in [-0.3, -0.25) is 4.79 Å². The van der Waals surface area contributed by atoms with Crippen LogP contribution in [0.3, 0.4) is 0 Å². The van der Waals surface area contributed by atoms with Crippen molar-refractivity contribution in [1.82, 2.24) is 9.29 Å². The fourth-order valence-corrected chi connectivity index (χ4v) is 3.82. The molecule has 1 fully saturated rings. The van der Waals surface area contributed by atoms with Crippen molar-refractivity contribution < 1.29 is 17.9 Å². The Morgan fingerprint density at radius 2 is 2.26 bits per heavy atom. The first-order chi connectivity index (χ1) is 8.96. The number of aldehydes is 1. The summed E-state index contributed by atoms with van der Waals surface area (Å²) in [6, 6.07) is 2.94. The van der Waals surface area contributed by atoms with Crippen molar-refractivity contribution in [3.05, 3.63) is 23.0 Å². The van der Waals surface area contributed by atoms with E-state index < -0.39 is 16.3 Å². The van der Waals surface area contributed by atoms with E-state index in [4.69, 9.17) is 16.3 Å². The van der Waals surface area contributed by atoms with E-state index in [1.54, 1.807) is 13.0 Å². The van der Waals surface area contributed by atoms with E-state index in [2.05, 4.69) is 4.98 Å². The normalized spacial score (nSPS) is 21.3. The number of carbonyl (C=O) groups is 1. The third-order valence-corrected chi connectivity index (χ3v) is 5.05. The maximum absolute atomic E-state index is 12.5. The van der Waals surface area contributed by atoms with E-state index in [0.717, 1.165) is 4.31 Å².